The van der Waals surface area contributed by atoms with Crippen molar-refractivity contribution in [2.75, 3.05) is 0 Å². The quantitative estimate of drug-likeness (QED) is 0.533. The van der Waals surface area contributed by atoms with E-state index in [-0.39, 0.29) is 29.9 Å². The van der Waals surface area contributed by atoms with Gasteiger partial charge in [0.05, 0.1) is 0 Å². The summed E-state index contributed by atoms with van der Waals surface area (Å²) in [5.41, 5.74) is 0. The Hall–Kier alpha value is 0.233. The molecule has 0 aliphatic heterocycles. The molecule has 0 aromatic rings. The summed E-state index contributed by atoms with van der Waals surface area (Å²) < 4.78 is 0. The molecular weight excluding hydrogens is 333 g/mol. The van der Waals surface area contributed by atoms with Crippen LogP contribution >= 0.6 is 0 Å². The van der Waals surface area contributed by atoms with Gasteiger partial charge < -0.3 is 0 Å². The van der Waals surface area contributed by atoms with Crippen molar-refractivity contribution in [2.24, 2.45) is 0 Å². The average Bonchev–Trinajstić information content (AvgIpc) is 1.88. The van der Waals surface area contributed by atoms with Gasteiger partial charge in [0.25, 0.3) is 0 Å². The molecule has 0 unspecified atom stereocenters. The number of hydrogen-bond acceptors (Lipinski definition) is 0. The van der Waals surface area contributed by atoms with E-state index < -0.39 is 0 Å². The summed E-state index contributed by atoms with van der Waals surface area (Å²) in [6.07, 6.45) is 7.66. The largest absolute Gasteiger partial charge is 0.194 e. The van der Waals surface area contributed by atoms with E-state index >= 15 is 0 Å². The van der Waals surface area contributed by atoms with Gasteiger partial charge in [-0.1, -0.05) is 13.8 Å². The van der Waals surface area contributed by atoms with Gasteiger partial charge in [-0.15, -0.1) is 0 Å². The molecular formula is C8H13Np-. The Morgan fingerprint density at radius 2 is 1.67 bits per heavy atom. The first kappa shape index (κ1) is 16.1. The zero-order chi connectivity index (χ0) is 6.83. The maximum atomic E-state index is 3.43. The normalized spacial score (nSPS) is 6.44. The molecule has 0 aromatic heterocycles. The third-order valence-electron chi connectivity index (χ3n) is 0.332. The summed E-state index contributed by atoms with van der Waals surface area (Å²) in [6.45, 7) is 10.8. The molecule has 0 aliphatic carbocycles. The first-order valence-electron chi connectivity index (χ1n) is 2.73. The third-order valence-corrected chi connectivity index (χ3v) is 0.332. The van der Waals surface area contributed by atoms with E-state index in [0.717, 1.165) is 0 Å². The second-order valence-electron chi connectivity index (χ2n) is 0.773. The van der Waals surface area contributed by atoms with Gasteiger partial charge >= 0.3 is 0 Å². The topological polar surface area (TPSA) is 0 Å². The first-order valence-corrected chi connectivity index (χ1v) is 2.73. The molecule has 0 heterocycles. The monoisotopic (exact) mass is 345 g/mol. The fourth-order valence-electron chi connectivity index (χ4n) is 0.136. The molecule has 1 radical (unpaired) electrons. The fraction of sp³-hybridized carbons (Fsp3) is 0.250. The van der Waals surface area contributed by atoms with Gasteiger partial charge in [0, 0.05) is 29.9 Å². The Kier molecular flexibility index (Phi) is 43.0. The molecule has 0 rings (SSSR count). The summed E-state index contributed by atoms with van der Waals surface area (Å²) in [5, 5.41) is 0. The molecule has 9 heavy (non-hydrogen) atoms. The van der Waals surface area contributed by atoms with E-state index in [1.54, 1.807) is 18.2 Å². The Balaban J connectivity index is -0.000000109. The Bertz CT molecular complexity index is 62.6. The van der Waals surface area contributed by atoms with Gasteiger partial charge in [-0.2, -0.15) is 37.5 Å². The van der Waals surface area contributed by atoms with Crippen LogP contribution in [0.1, 0.15) is 13.8 Å². The molecule has 0 saturated carbocycles. The molecule has 0 N–H and O–H groups in total. The number of hydrogen-bond donors (Lipinski definition) is 0. The average molecular weight is 346 g/mol. The second kappa shape index (κ2) is 24.0. The standard InChI is InChI=1S/C6H7.C2H6.Np/c1-3-5-6-4-2;1-2;/h3-5H,1-2H2;1-2H3;/q-1;;. The van der Waals surface area contributed by atoms with Crippen molar-refractivity contribution in [3.8, 4) is 0 Å². The molecule has 0 amide bonds. The van der Waals surface area contributed by atoms with Crippen molar-refractivity contribution < 1.29 is 29.9 Å². The first-order chi connectivity index (χ1) is 3.91. The Labute approximate surface area is 81.0 Å². The molecule has 0 saturated heterocycles. The van der Waals surface area contributed by atoms with Gasteiger partial charge in [0.2, 0.25) is 0 Å². The Morgan fingerprint density at radius 3 is 1.78 bits per heavy atom. The summed E-state index contributed by atoms with van der Waals surface area (Å²) in [7, 11) is 0. The summed E-state index contributed by atoms with van der Waals surface area (Å²) in [5.74, 6) is 0. The smallest absolute Gasteiger partial charge is 0 e. The van der Waals surface area contributed by atoms with Crippen molar-refractivity contribution in [3.63, 3.8) is 0 Å². The molecule has 0 fully saturated rings. The molecule has 0 spiro atoms. The van der Waals surface area contributed by atoms with E-state index in [2.05, 4.69) is 19.2 Å². The minimum Gasteiger partial charge on any atom is -0.194 e. The van der Waals surface area contributed by atoms with Crippen molar-refractivity contribution in [3.05, 3.63) is 37.5 Å². The van der Waals surface area contributed by atoms with Crippen LogP contribution in [-0.2, 0) is 0 Å². The van der Waals surface area contributed by atoms with Gasteiger partial charge in [0.15, 0.2) is 0 Å². The van der Waals surface area contributed by atoms with Gasteiger partial charge in [-0.05, 0) is 0 Å². The SMILES string of the molecule is C=C[C-]=CC=C.CC.[Np]. The van der Waals surface area contributed by atoms with Gasteiger partial charge in [0.1, 0.15) is 0 Å². The molecule has 0 aliphatic rings. The minimum absolute atomic E-state index is 0. The van der Waals surface area contributed by atoms with Crippen LogP contribution in [0.25, 0.3) is 0 Å². The van der Waals surface area contributed by atoms with Crippen LogP contribution in [0.4, 0.5) is 0 Å². The molecule has 1 heteroatoms. The van der Waals surface area contributed by atoms with Crippen LogP contribution in [-0.4, -0.2) is 0 Å². The van der Waals surface area contributed by atoms with Crippen LogP contribution in [0.2, 0.25) is 0 Å². The summed E-state index contributed by atoms with van der Waals surface area (Å²) >= 11 is 0. The van der Waals surface area contributed by atoms with Crippen molar-refractivity contribution in [1.82, 2.24) is 0 Å². The minimum atomic E-state index is 0. The number of allylic oxidation sites excluding steroid dienone is 4. The van der Waals surface area contributed by atoms with E-state index in [1.165, 1.54) is 0 Å². The second-order valence-corrected chi connectivity index (χ2v) is 0.773. The summed E-state index contributed by atoms with van der Waals surface area (Å²) in [4.78, 5) is 0. The van der Waals surface area contributed by atoms with E-state index in [1.807, 2.05) is 13.8 Å². The molecule has 0 bridgehead atoms. The van der Waals surface area contributed by atoms with Crippen molar-refractivity contribution >= 4 is 0 Å². The third kappa shape index (κ3) is 30.6. The molecule has 0 atom stereocenters. The van der Waals surface area contributed by atoms with Crippen molar-refractivity contribution in [2.45, 2.75) is 13.8 Å². The van der Waals surface area contributed by atoms with Crippen LogP contribution in [0.15, 0.2) is 31.4 Å². The maximum Gasteiger partial charge on any atom is 0 e. The zero-order valence-electron chi connectivity index (χ0n) is 6.09. The van der Waals surface area contributed by atoms with Crippen LogP contribution < -0.4 is 0 Å². The van der Waals surface area contributed by atoms with Gasteiger partial charge in [-0.3, -0.25) is 0 Å². The predicted molar refractivity (Wildman–Crippen MR) is 39.6 cm³/mol. The van der Waals surface area contributed by atoms with Crippen molar-refractivity contribution in [1.29, 1.82) is 0 Å². The fourth-order valence-corrected chi connectivity index (χ4v) is 0.136. The Morgan fingerprint density at radius 1 is 1.22 bits per heavy atom. The van der Waals surface area contributed by atoms with Gasteiger partial charge in [-0.25, -0.2) is 0 Å². The van der Waals surface area contributed by atoms with Crippen LogP contribution in [0.5, 0.6) is 0 Å². The molecule has 0 aromatic carbocycles. The van der Waals surface area contributed by atoms with E-state index in [0.29, 0.717) is 0 Å². The predicted octanol–water partition coefficient (Wildman–Crippen LogP) is 2.74. The summed E-state index contributed by atoms with van der Waals surface area (Å²) in [6, 6.07) is 0. The van der Waals surface area contributed by atoms with Crippen LogP contribution in [0.3, 0.4) is 0 Å². The molecule has 51 valence electrons. The van der Waals surface area contributed by atoms with Crippen LogP contribution in [0, 0.1) is 36.0 Å². The zero-order valence-corrected chi connectivity index (χ0v) is 9.82. The number of rotatable bonds is 2. The molecule has 0 nitrogen and oxygen atoms in total. The van der Waals surface area contributed by atoms with E-state index in [9.17, 15) is 0 Å². The maximum absolute atomic E-state index is 3.43. The van der Waals surface area contributed by atoms with E-state index in [4.69, 9.17) is 0 Å².